The van der Waals surface area contributed by atoms with E-state index in [2.05, 4.69) is 5.32 Å². The van der Waals surface area contributed by atoms with Gasteiger partial charge in [0.25, 0.3) is 0 Å². The van der Waals surface area contributed by atoms with Crippen LogP contribution in [-0.2, 0) is 9.53 Å². The number of rotatable bonds is 2. The molecular formula is C12H21NO3. The quantitative estimate of drug-likeness (QED) is 0.787. The standard InChI is InChI=1S/C12H21NO3/c1-8(14)9-6-5-7-10(9)13-11(15)16-12(2,3)4/h9-10H,5-7H2,1-4H3,(H,13,15). The van der Waals surface area contributed by atoms with Crippen LogP contribution < -0.4 is 5.32 Å². The molecule has 0 bridgehead atoms. The van der Waals surface area contributed by atoms with E-state index in [4.69, 9.17) is 4.74 Å². The molecule has 0 aliphatic heterocycles. The van der Waals surface area contributed by atoms with Gasteiger partial charge in [-0.25, -0.2) is 4.79 Å². The van der Waals surface area contributed by atoms with E-state index in [-0.39, 0.29) is 17.7 Å². The number of nitrogens with one attached hydrogen (secondary N) is 1. The van der Waals surface area contributed by atoms with Crippen LogP contribution >= 0.6 is 0 Å². The summed E-state index contributed by atoms with van der Waals surface area (Å²) in [6.07, 6.45) is 2.30. The molecule has 1 aliphatic carbocycles. The van der Waals surface area contributed by atoms with Gasteiger partial charge in [0, 0.05) is 12.0 Å². The molecule has 0 radical (unpaired) electrons. The number of ketones is 1. The molecule has 1 rings (SSSR count). The number of alkyl carbamates (subject to hydrolysis) is 1. The molecule has 2 unspecified atom stereocenters. The lowest BCUT2D eigenvalue weighted by Crippen LogP contribution is -2.42. The Hall–Kier alpha value is -1.06. The first-order valence-electron chi connectivity index (χ1n) is 5.79. The van der Waals surface area contributed by atoms with Crippen LogP contribution in [0.1, 0.15) is 47.0 Å². The number of carbonyl (C=O) groups is 2. The molecule has 0 aromatic heterocycles. The van der Waals surface area contributed by atoms with Crippen LogP contribution in [0.4, 0.5) is 4.79 Å². The van der Waals surface area contributed by atoms with Gasteiger partial charge < -0.3 is 10.1 Å². The Bertz CT molecular complexity index is 280. The third-order valence-electron chi connectivity index (χ3n) is 2.74. The minimum Gasteiger partial charge on any atom is -0.444 e. The van der Waals surface area contributed by atoms with Crippen LogP contribution in [0.2, 0.25) is 0 Å². The molecule has 92 valence electrons. The summed E-state index contributed by atoms with van der Waals surface area (Å²) < 4.78 is 5.17. The Morgan fingerprint density at radius 1 is 1.25 bits per heavy atom. The SMILES string of the molecule is CC(=O)C1CCCC1NC(=O)OC(C)(C)C. The molecule has 2 atom stereocenters. The van der Waals surface area contributed by atoms with Crippen molar-refractivity contribution in [1.29, 1.82) is 0 Å². The fourth-order valence-corrected chi connectivity index (χ4v) is 2.08. The maximum atomic E-state index is 11.5. The van der Waals surface area contributed by atoms with E-state index in [1.165, 1.54) is 0 Å². The monoisotopic (exact) mass is 227 g/mol. The fraction of sp³-hybridized carbons (Fsp3) is 0.833. The number of ether oxygens (including phenoxy) is 1. The first-order chi connectivity index (χ1) is 7.29. The van der Waals surface area contributed by atoms with Crippen molar-refractivity contribution in [2.45, 2.75) is 58.6 Å². The minimum atomic E-state index is -0.492. The average molecular weight is 227 g/mol. The van der Waals surface area contributed by atoms with Crippen molar-refractivity contribution >= 4 is 11.9 Å². The highest BCUT2D eigenvalue weighted by Gasteiger charge is 2.32. The maximum Gasteiger partial charge on any atom is 0.407 e. The molecule has 1 aliphatic rings. The fourth-order valence-electron chi connectivity index (χ4n) is 2.08. The Kier molecular flexibility index (Phi) is 3.94. The topological polar surface area (TPSA) is 55.4 Å². The van der Waals surface area contributed by atoms with E-state index in [0.29, 0.717) is 0 Å². The van der Waals surface area contributed by atoms with Crippen LogP contribution in [0.5, 0.6) is 0 Å². The summed E-state index contributed by atoms with van der Waals surface area (Å²) in [4.78, 5) is 22.9. The molecule has 0 heterocycles. The lowest BCUT2D eigenvalue weighted by Gasteiger charge is -2.23. The van der Waals surface area contributed by atoms with Gasteiger partial charge in [-0.2, -0.15) is 0 Å². The molecule has 4 nitrogen and oxygen atoms in total. The Morgan fingerprint density at radius 2 is 1.88 bits per heavy atom. The molecule has 1 saturated carbocycles. The smallest absolute Gasteiger partial charge is 0.407 e. The molecule has 0 aromatic rings. The Morgan fingerprint density at radius 3 is 2.38 bits per heavy atom. The van der Waals surface area contributed by atoms with Crippen molar-refractivity contribution < 1.29 is 14.3 Å². The average Bonchev–Trinajstić information content (AvgIpc) is 2.47. The van der Waals surface area contributed by atoms with Crippen LogP contribution in [0, 0.1) is 5.92 Å². The number of amides is 1. The third-order valence-corrected chi connectivity index (χ3v) is 2.74. The van der Waals surface area contributed by atoms with E-state index in [9.17, 15) is 9.59 Å². The van der Waals surface area contributed by atoms with E-state index in [0.717, 1.165) is 19.3 Å². The minimum absolute atomic E-state index is 0.0347. The van der Waals surface area contributed by atoms with Gasteiger partial charge >= 0.3 is 6.09 Å². The second kappa shape index (κ2) is 4.85. The number of hydrogen-bond donors (Lipinski definition) is 1. The highest BCUT2D eigenvalue weighted by molar-refractivity contribution is 5.80. The third kappa shape index (κ3) is 3.83. The normalized spacial score (nSPS) is 25.2. The summed E-state index contributed by atoms with van der Waals surface area (Å²) in [5.41, 5.74) is -0.492. The van der Waals surface area contributed by atoms with Gasteiger partial charge in [0.1, 0.15) is 11.4 Å². The number of Topliss-reactive ketones (excluding diaryl/α,β-unsaturated/α-hetero) is 1. The van der Waals surface area contributed by atoms with Gasteiger partial charge in [-0.15, -0.1) is 0 Å². The molecule has 0 aromatic carbocycles. The van der Waals surface area contributed by atoms with Gasteiger partial charge in [-0.3, -0.25) is 4.79 Å². The summed E-state index contributed by atoms with van der Waals surface area (Å²) in [5, 5.41) is 2.78. The van der Waals surface area contributed by atoms with Gasteiger partial charge in [-0.1, -0.05) is 6.42 Å². The lowest BCUT2D eigenvalue weighted by atomic mass is 10.00. The summed E-state index contributed by atoms with van der Waals surface area (Å²) in [6, 6.07) is -0.0488. The molecule has 16 heavy (non-hydrogen) atoms. The first-order valence-corrected chi connectivity index (χ1v) is 5.79. The molecular weight excluding hydrogens is 206 g/mol. The van der Waals surface area contributed by atoms with Crippen molar-refractivity contribution in [3.63, 3.8) is 0 Å². The van der Waals surface area contributed by atoms with E-state index < -0.39 is 11.7 Å². The van der Waals surface area contributed by atoms with Crippen LogP contribution in [0.3, 0.4) is 0 Å². The van der Waals surface area contributed by atoms with Crippen LogP contribution in [0.25, 0.3) is 0 Å². The second-order valence-electron chi connectivity index (χ2n) is 5.40. The van der Waals surface area contributed by atoms with Gasteiger partial charge in [0.05, 0.1) is 0 Å². The number of carbonyl (C=O) groups excluding carboxylic acids is 2. The Balaban J connectivity index is 2.47. The zero-order valence-electron chi connectivity index (χ0n) is 10.5. The summed E-state index contributed by atoms with van der Waals surface area (Å²) in [5.74, 6) is 0.117. The van der Waals surface area contributed by atoms with Crippen LogP contribution in [0.15, 0.2) is 0 Å². The summed E-state index contributed by atoms with van der Waals surface area (Å²) in [6.45, 7) is 7.05. The van der Waals surface area contributed by atoms with E-state index in [1.807, 2.05) is 20.8 Å². The van der Waals surface area contributed by atoms with Crippen molar-refractivity contribution in [3.05, 3.63) is 0 Å². The number of hydrogen-bond acceptors (Lipinski definition) is 3. The zero-order chi connectivity index (χ0) is 12.3. The van der Waals surface area contributed by atoms with Gasteiger partial charge in [0.2, 0.25) is 0 Å². The molecule has 1 amide bonds. The summed E-state index contributed by atoms with van der Waals surface area (Å²) in [7, 11) is 0. The molecule has 1 fully saturated rings. The molecule has 4 heteroatoms. The van der Waals surface area contributed by atoms with Crippen LogP contribution in [-0.4, -0.2) is 23.5 Å². The molecule has 0 spiro atoms. The molecule has 1 N–H and O–H groups in total. The van der Waals surface area contributed by atoms with Crippen molar-refractivity contribution in [3.8, 4) is 0 Å². The second-order valence-corrected chi connectivity index (χ2v) is 5.40. The predicted molar refractivity (Wildman–Crippen MR) is 61.2 cm³/mol. The first kappa shape index (κ1) is 13.0. The van der Waals surface area contributed by atoms with Crippen molar-refractivity contribution in [2.75, 3.05) is 0 Å². The largest absolute Gasteiger partial charge is 0.444 e. The highest BCUT2D eigenvalue weighted by Crippen LogP contribution is 2.26. The summed E-state index contributed by atoms with van der Waals surface area (Å²) >= 11 is 0. The molecule has 0 saturated heterocycles. The zero-order valence-corrected chi connectivity index (χ0v) is 10.5. The van der Waals surface area contributed by atoms with Crippen molar-refractivity contribution in [1.82, 2.24) is 5.32 Å². The lowest BCUT2D eigenvalue weighted by molar-refractivity contribution is -0.121. The van der Waals surface area contributed by atoms with Gasteiger partial charge in [0.15, 0.2) is 0 Å². The van der Waals surface area contributed by atoms with E-state index in [1.54, 1.807) is 6.92 Å². The predicted octanol–water partition coefficient (Wildman–Crippen LogP) is 2.27. The van der Waals surface area contributed by atoms with E-state index >= 15 is 0 Å². The highest BCUT2D eigenvalue weighted by atomic mass is 16.6. The van der Waals surface area contributed by atoms with Crippen molar-refractivity contribution in [2.24, 2.45) is 5.92 Å². The Labute approximate surface area is 96.7 Å². The maximum absolute atomic E-state index is 11.5. The van der Waals surface area contributed by atoms with Gasteiger partial charge in [-0.05, 0) is 40.5 Å².